The smallest absolute Gasteiger partial charge is 0.337 e. The van der Waals surface area contributed by atoms with Gasteiger partial charge < -0.3 is 9.47 Å². The van der Waals surface area contributed by atoms with E-state index >= 15 is 0 Å². The summed E-state index contributed by atoms with van der Waals surface area (Å²) in [6, 6.07) is 12.3. The highest BCUT2D eigenvalue weighted by Gasteiger charge is 2.21. The van der Waals surface area contributed by atoms with E-state index in [-0.39, 0.29) is 10.5 Å². The third-order valence-electron chi connectivity index (χ3n) is 3.50. The summed E-state index contributed by atoms with van der Waals surface area (Å²) in [6.45, 7) is 1.72. The molecule has 128 valence electrons. The highest BCUT2D eigenvalue weighted by molar-refractivity contribution is 7.89. The monoisotopic (exact) mass is 349 g/mol. The van der Waals surface area contributed by atoms with E-state index in [4.69, 9.17) is 4.74 Å². The van der Waals surface area contributed by atoms with Crippen LogP contribution in [0.4, 0.5) is 0 Å². The molecule has 0 amide bonds. The Bertz CT molecular complexity index is 832. The molecule has 0 aliphatic heterocycles. The summed E-state index contributed by atoms with van der Waals surface area (Å²) in [4.78, 5) is 11.6. The average Bonchev–Trinajstić information content (AvgIpc) is 2.60. The van der Waals surface area contributed by atoms with Crippen molar-refractivity contribution in [3.8, 4) is 5.75 Å². The maximum Gasteiger partial charge on any atom is 0.337 e. The minimum Gasteiger partial charge on any atom is -0.496 e. The number of methoxy groups -OCH3 is 2. The minimum atomic E-state index is -3.81. The zero-order valence-electron chi connectivity index (χ0n) is 13.6. The molecule has 2 aromatic rings. The molecule has 0 aliphatic rings. The van der Waals surface area contributed by atoms with Gasteiger partial charge in [0.05, 0.1) is 24.7 Å². The van der Waals surface area contributed by atoms with Crippen molar-refractivity contribution >= 4 is 16.0 Å². The summed E-state index contributed by atoms with van der Waals surface area (Å²) in [5.74, 6) is 0.000776. The molecule has 1 N–H and O–H groups in total. The standard InChI is InChI=1S/C17H19NO5S/c1-12(15-9-4-5-10-16(15)22-2)18-24(20,21)14-8-6-7-13(11-14)17(19)23-3/h4-12,18H,1-3H3/t12-/m0/s1. The van der Waals surface area contributed by atoms with Crippen LogP contribution >= 0.6 is 0 Å². The second-order valence-corrected chi connectivity index (χ2v) is 6.82. The first kappa shape index (κ1) is 18.0. The Hall–Kier alpha value is -2.38. The Morgan fingerprint density at radius 1 is 1.08 bits per heavy atom. The van der Waals surface area contributed by atoms with E-state index in [0.717, 1.165) is 0 Å². The summed E-state index contributed by atoms with van der Waals surface area (Å²) >= 11 is 0. The van der Waals surface area contributed by atoms with Gasteiger partial charge in [-0.2, -0.15) is 0 Å². The quantitative estimate of drug-likeness (QED) is 0.811. The summed E-state index contributed by atoms with van der Waals surface area (Å²) in [5.41, 5.74) is 0.887. The predicted octanol–water partition coefficient (Wildman–Crippen LogP) is 2.52. The number of benzene rings is 2. The van der Waals surface area contributed by atoms with Crippen LogP contribution in [0.15, 0.2) is 53.4 Å². The Kier molecular flexibility index (Phi) is 5.58. The first-order valence-electron chi connectivity index (χ1n) is 7.22. The van der Waals surface area contributed by atoms with Gasteiger partial charge >= 0.3 is 5.97 Å². The number of ether oxygens (including phenoxy) is 2. The van der Waals surface area contributed by atoms with E-state index < -0.39 is 22.0 Å². The fourth-order valence-corrected chi connectivity index (χ4v) is 3.56. The van der Waals surface area contributed by atoms with E-state index in [2.05, 4.69) is 9.46 Å². The molecule has 0 bridgehead atoms. The van der Waals surface area contributed by atoms with Gasteiger partial charge in [0.2, 0.25) is 10.0 Å². The van der Waals surface area contributed by atoms with Crippen LogP contribution in [0.25, 0.3) is 0 Å². The lowest BCUT2D eigenvalue weighted by Gasteiger charge is -2.17. The number of hydrogen-bond acceptors (Lipinski definition) is 5. The molecule has 0 aromatic heterocycles. The molecule has 7 heteroatoms. The topological polar surface area (TPSA) is 81.7 Å². The van der Waals surface area contributed by atoms with Crippen LogP contribution < -0.4 is 9.46 Å². The van der Waals surface area contributed by atoms with Crippen LogP contribution in [0.3, 0.4) is 0 Å². The summed E-state index contributed by atoms with van der Waals surface area (Å²) in [6.07, 6.45) is 0. The van der Waals surface area contributed by atoms with Crippen molar-refractivity contribution in [1.29, 1.82) is 0 Å². The van der Waals surface area contributed by atoms with Crippen LogP contribution in [-0.2, 0) is 14.8 Å². The summed E-state index contributed by atoms with van der Waals surface area (Å²) in [5, 5.41) is 0. The number of hydrogen-bond donors (Lipinski definition) is 1. The summed E-state index contributed by atoms with van der Waals surface area (Å²) in [7, 11) is -1.04. The van der Waals surface area contributed by atoms with Crippen LogP contribution in [0.5, 0.6) is 5.75 Å². The van der Waals surface area contributed by atoms with Crippen LogP contribution in [0.1, 0.15) is 28.9 Å². The normalized spacial score (nSPS) is 12.5. The number of para-hydroxylation sites is 1. The molecule has 0 unspecified atom stereocenters. The highest BCUT2D eigenvalue weighted by Crippen LogP contribution is 2.26. The third-order valence-corrected chi connectivity index (χ3v) is 5.04. The highest BCUT2D eigenvalue weighted by atomic mass is 32.2. The molecule has 0 spiro atoms. The molecule has 0 radical (unpaired) electrons. The van der Waals surface area contributed by atoms with Crippen molar-refractivity contribution in [2.75, 3.05) is 14.2 Å². The van der Waals surface area contributed by atoms with Gasteiger partial charge in [-0.3, -0.25) is 0 Å². The number of carbonyl (C=O) groups is 1. The molecular formula is C17H19NO5S. The van der Waals surface area contributed by atoms with Crippen molar-refractivity contribution in [3.63, 3.8) is 0 Å². The number of nitrogens with one attached hydrogen (secondary N) is 1. The van der Waals surface area contributed by atoms with Gasteiger partial charge in [-0.05, 0) is 31.2 Å². The fraction of sp³-hybridized carbons (Fsp3) is 0.235. The second kappa shape index (κ2) is 7.46. The molecular weight excluding hydrogens is 330 g/mol. The SMILES string of the molecule is COC(=O)c1cccc(S(=O)(=O)N[C@@H](C)c2ccccc2OC)c1. The lowest BCUT2D eigenvalue weighted by molar-refractivity contribution is 0.0600. The van der Waals surface area contributed by atoms with Crippen molar-refractivity contribution in [3.05, 3.63) is 59.7 Å². The molecule has 0 fully saturated rings. The largest absolute Gasteiger partial charge is 0.496 e. The first-order chi connectivity index (χ1) is 11.4. The van der Waals surface area contributed by atoms with E-state index in [1.165, 1.54) is 38.5 Å². The zero-order chi connectivity index (χ0) is 17.7. The molecule has 6 nitrogen and oxygen atoms in total. The second-order valence-electron chi connectivity index (χ2n) is 5.10. The van der Waals surface area contributed by atoms with Gasteiger partial charge in [0.1, 0.15) is 5.75 Å². The molecule has 1 atom stereocenters. The van der Waals surface area contributed by atoms with Gasteiger partial charge in [-0.1, -0.05) is 24.3 Å². The Morgan fingerprint density at radius 3 is 2.46 bits per heavy atom. The van der Waals surface area contributed by atoms with E-state index in [1.54, 1.807) is 25.1 Å². The number of carbonyl (C=O) groups excluding carboxylic acids is 1. The van der Waals surface area contributed by atoms with Gasteiger partial charge in [0.25, 0.3) is 0 Å². The van der Waals surface area contributed by atoms with E-state index in [9.17, 15) is 13.2 Å². The predicted molar refractivity (Wildman–Crippen MR) is 89.5 cm³/mol. The minimum absolute atomic E-state index is 0.00727. The van der Waals surface area contributed by atoms with Crippen LogP contribution in [0, 0.1) is 0 Å². The third kappa shape index (κ3) is 3.93. The molecule has 0 aliphatic carbocycles. The van der Waals surface area contributed by atoms with Gasteiger partial charge in [0.15, 0.2) is 0 Å². The average molecular weight is 349 g/mol. The Labute approximate surface area is 141 Å². The van der Waals surface area contributed by atoms with Gasteiger partial charge in [-0.15, -0.1) is 0 Å². The molecule has 24 heavy (non-hydrogen) atoms. The van der Waals surface area contributed by atoms with Crippen molar-refractivity contribution in [2.24, 2.45) is 0 Å². The molecule has 0 saturated heterocycles. The summed E-state index contributed by atoms with van der Waals surface area (Å²) < 4.78 is 37.6. The van der Waals surface area contributed by atoms with Gasteiger partial charge in [0, 0.05) is 11.6 Å². The fourth-order valence-electron chi connectivity index (χ4n) is 2.30. The molecule has 2 aromatic carbocycles. The Balaban J connectivity index is 2.30. The lowest BCUT2D eigenvalue weighted by Crippen LogP contribution is -2.27. The van der Waals surface area contributed by atoms with Crippen molar-refractivity contribution in [2.45, 2.75) is 17.9 Å². The zero-order valence-corrected chi connectivity index (χ0v) is 14.5. The number of rotatable bonds is 6. The first-order valence-corrected chi connectivity index (χ1v) is 8.71. The van der Waals surface area contributed by atoms with Crippen LogP contribution in [-0.4, -0.2) is 28.6 Å². The van der Waals surface area contributed by atoms with E-state index in [1.807, 2.05) is 6.07 Å². The van der Waals surface area contributed by atoms with Gasteiger partial charge in [-0.25, -0.2) is 17.9 Å². The number of sulfonamides is 1. The van der Waals surface area contributed by atoms with Crippen LogP contribution in [0.2, 0.25) is 0 Å². The molecule has 0 heterocycles. The molecule has 2 rings (SSSR count). The Morgan fingerprint density at radius 2 is 1.79 bits per heavy atom. The number of esters is 1. The maximum absolute atomic E-state index is 12.6. The van der Waals surface area contributed by atoms with Crippen molar-refractivity contribution in [1.82, 2.24) is 4.72 Å². The van der Waals surface area contributed by atoms with Crippen molar-refractivity contribution < 1.29 is 22.7 Å². The lowest BCUT2D eigenvalue weighted by atomic mass is 10.1. The molecule has 0 saturated carbocycles. The van der Waals surface area contributed by atoms with E-state index in [0.29, 0.717) is 11.3 Å². The maximum atomic E-state index is 12.6.